The molecule has 0 amide bonds. The maximum absolute atomic E-state index is 13.5. The van der Waals surface area contributed by atoms with Crippen LogP contribution in [0.1, 0.15) is 89.9 Å². The second-order valence-corrected chi connectivity index (χ2v) is 12.8. The lowest BCUT2D eigenvalue weighted by molar-refractivity contribution is -0.132. The summed E-state index contributed by atoms with van der Waals surface area (Å²) in [5, 5.41) is 0. The van der Waals surface area contributed by atoms with Gasteiger partial charge >= 0.3 is 0 Å². The molecule has 12 unspecified atom stereocenters. The van der Waals surface area contributed by atoms with Crippen LogP contribution < -0.4 is 0 Å². The van der Waals surface area contributed by atoms with Crippen molar-refractivity contribution in [2.75, 3.05) is 0 Å². The van der Waals surface area contributed by atoms with Gasteiger partial charge in [0.2, 0.25) is 0 Å². The zero-order valence-electron chi connectivity index (χ0n) is 18.6. The van der Waals surface area contributed by atoms with E-state index in [1.165, 1.54) is 89.9 Å². The molecule has 12 atom stereocenters. The van der Waals surface area contributed by atoms with Gasteiger partial charge in [0.25, 0.3) is 0 Å². The fourth-order valence-electron chi connectivity index (χ4n) is 11.0. The Hall–Kier alpha value is -0.660. The number of hydrogen-bond acceptors (Lipinski definition) is 2. The quantitative estimate of drug-likeness (QED) is 0.487. The number of carbonyl (C=O) groups excluding carboxylic acids is 2. The van der Waals surface area contributed by atoms with Gasteiger partial charge in [-0.15, -0.1) is 0 Å². The van der Waals surface area contributed by atoms with Crippen molar-refractivity contribution in [3.05, 3.63) is 0 Å². The summed E-state index contributed by atoms with van der Waals surface area (Å²) in [7, 11) is 0. The summed E-state index contributed by atoms with van der Waals surface area (Å²) < 4.78 is 0. The molecule has 164 valence electrons. The van der Waals surface area contributed by atoms with E-state index in [1.54, 1.807) is 0 Å². The summed E-state index contributed by atoms with van der Waals surface area (Å²) in [5.74, 6) is 9.13. The maximum Gasteiger partial charge on any atom is 0.139 e. The van der Waals surface area contributed by atoms with Gasteiger partial charge in [0.05, 0.1) is 0 Å². The summed E-state index contributed by atoms with van der Waals surface area (Å²) in [6.45, 7) is 0. The molecule has 0 saturated heterocycles. The van der Waals surface area contributed by atoms with Gasteiger partial charge in [-0.25, -0.2) is 0 Å². The fourth-order valence-corrected chi connectivity index (χ4v) is 11.0. The third-order valence-corrected chi connectivity index (χ3v) is 12.1. The standard InChI is InChI=1S/C28H40O2/c29-27-21-7-3-2-6-19(21)24-13-16-11-15-9-10-20-18-5-1-4-8-22(18)28(30)26(20)23(15)12-17(16)14-25(24)27/h15-26H,1-14H2. The Kier molecular flexibility index (Phi) is 4.35. The van der Waals surface area contributed by atoms with Crippen LogP contribution in [0, 0.1) is 71.0 Å². The predicted molar refractivity (Wildman–Crippen MR) is 117 cm³/mol. The highest BCUT2D eigenvalue weighted by atomic mass is 16.1. The van der Waals surface area contributed by atoms with Crippen LogP contribution in [-0.4, -0.2) is 11.6 Å². The summed E-state index contributed by atoms with van der Waals surface area (Å²) in [6.07, 6.45) is 18.4. The topological polar surface area (TPSA) is 34.1 Å². The summed E-state index contributed by atoms with van der Waals surface area (Å²) >= 11 is 0. The molecule has 0 aliphatic heterocycles. The first-order chi connectivity index (χ1) is 14.7. The van der Waals surface area contributed by atoms with E-state index in [4.69, 9.17) is 0 Å². The van der Waals surface area contributed by atoms with Crippen molar-refractivity contribution in [3.63, 3.8) is 0 Å². The molecule has 0 bridgehead atoms. The number of carbonyl (C=O) groups is 2. The zero-order chi connectivity index (χ0) is 20.0. The van der Waals surface area contributed by atoms with Crippen LogP contribution in [0.4, 0.5) is 0 Å². The van der Waals surface area contributed by atoms with E-state index in [2.05, 4.69) is 0 Å². The third-order valence-electron chi connectivity index (χ3n) is 12.1. The second-order valence-electron chi connectivity index (χ2n) is 12.8. The smallest absolute Gasteiger partial charge is 0.139 e. The van der Waals surface area contributed by atoms with Crippen molar-refractivity contribution in [2.24, 2.45) is 71.0 Å². The SMILES string of the molecule is O=C1C2CCCCC2C2CC3CC4CCC5C6CCCCC6C(=O)C5C4CC3CC12. The first-order valence-electron chi connectivity index (χ1n) is 13.8. The van der Waals surface area contributed by atoms with Crippen LogP contribution in [-0.2, 0) is 9.59 Å². The van der Waals surface area contributed by atoms with Crippen molar-refractivity contribution in [2.45, 2.75) is 89.9 Å². The highest BCUT2D eigenvalue weighted by Crippen LogP contribution is 2.63. The molecule has 7 fully saturated rings. The average molecular weight is 409 g/mol. The molecule has 0 N–H and O–H groups in total. The van der Waals surface area contributed by atoms with E-state index in [-0.39, 0.29) is 0 Å². The van der Waals surface area contributed by atoms with Crippen LogP contribution in [0.3, 0.4) is 0 Å². The zero-order valence-corrected chi connectivity index (χ0v) is 18.6. The second kappa shape index (κ2) is 6.92. The monoisotopic (exact) mass is 408 g/mol. The molecule has 0 spiro atoms. The molecule has 0 heterocycles. The highest BCUT2D eigenvalue weighted by Gasteiger charge is 2.60. The van der Waals surface area contributed by atoms with Crippen molar-refractivity contribution in [3.8, 4) is 0 Å². The normalized spacial score (nSPS) is 56.9. The molecule has 0 aromatic heterocycles. The lowest BCUT2D eigenvalue weighted by Crippen LogP contribution is -2.46. The Morgan fingerprint density at radius 1 is 0.433 bits per heavy atom. The van der Waals surface area contributed by atoms with Gasteiger partial charge in [0, 0.05) is 23.7 Å². The minimum Gasteiger partial charge on any atom is -0.299 e. The average Bonchev–Trinajstić information content (AvgIpc) is 3.23. The first kappa shape index (κ1) is 18.9. The molecule has 2 nitrogen and oxygen atoms in total. The lowest BCUT2D eigenvalue weighted by atomic mass is 9.52. The molecule has 7 rings (SSSR count). The molecule has 0 radical (unpaired) electrons. The fraction of sp³-hybridized carbons (Fsp3) is 0.929. The Bertz CT molecular complexity index is 737. The van der Waals surface area contributed by atoms with Gasteiger partial charge in [-0.2, -0.15) is 0 Å². The number of hydrogen-bond donors (Lipinski definition) is 0. The van der Waals surface area contributed by atoms with Gasteiger partial charge in [-0.05, 0) is 112 Å². The minimum atomic E-state index is 0.400. The van der Waals surface area contributed by atoms with E-state index >= 15 is 0 Å². The first-order valence-corrected chi connectivity index (χ1v) is 13.8. The van der Waals surface area contributed by atoms with E-state index in [0.717, 1.165) is 41.4 Å². The van der Waals surface area contributed by atoms with E-state index in [0.29, 0.717) is 41.2 Å². The van der Waals surface area contributed by atoms with Gasteiger partial charge in [-0.3, -0.25) is 9.59 Å². The molecule has 7 aliphatic carbocycles. The van der Waals surface area contributed by atoms with Crippen molar-refractivity contribution in [1.82, 2.24) is 0 Å². The summed E-state index contributed by atoms with van der Waals surface area (Å²) in [4.78, 5) is 26.8. The molecular weight excluding hydrogens is 368 g/mol. The number of fused-ring (bicyclic) bond motifs is 9. The van der Waals surface area contributed by atoms with Crippen LogP contribution in [0.25, 0.3) is 0 Å². The molecule has 2 heteroatoms. The molecule has 7 saturated carbocycles. The van der Waals surface area contributed by atoms with Gasteiger partial charge in [0.15, 0.2) is 0 Å². The van der Waals surface area contributed by atoms with E-state index in [9.17, 15) is 9.59 Å². The molecular formula is C28H40O2. The third kappa shape index (κ3) is 2.54. The van der Waals surface area contributed by atoms with Crippen LogP contribution in [0.5, 0.6) is 0 Å². The number of Topliss-reactive ketones (excluding diaryl/α,β-unsaturated/α-hetero) is 2. The van der Waals surface area contributed by atoms with Crippen molar-refractivity contribution < 1.29 is 9.59 Å². The highest BCUT2D eigenvalue weighted by molar-refractivity contribution is 5.87. The Labute approximate surface area is 182 Å². The largest absolute Gasteiger partial charge is 0.299 e. The lowest BCUT2D eigenvalue weighted by Gasteiger charge is -2.52. The maximum atomic E-state index is 13.5. The van der Waals surface area contributed by atoms with Gasteiger partial charge < -0.3 is 0 Å². The van der Waals surface area contributed by atoms with Gasteiger partial charge in [0.1, 0.15) is 11.6 Å². The van der Waals surface area contributed by atoms with Gasteiger partial charge in [-0.1, -0.05) is 25.7 Å². The Morgan fingerprint density at radius 2 is 1.07 bits per heavy atom. The van der Waals surface area contributed by atoms with Crippen molar-refractivity contribution >= 4 is 11.6 Å². The Balaban J connectivity index is 1.14. The number of ketones is 2. The van der Waals surface area contributed by atoms with E-state index in [1.807, 2.05) is 0 Å². The minimum absolute atomic E-state index is 0.400. The molecule has 0 aromatic rings. The van der Waals surface area contributed by atoms with Crippen molar-refractivity contribution in [1.29, 1.82) is 0 Å². The van der Waals surface area contributed by atoms with E-state index < -0.39 is 0 Å². The predicted octanol–water partition coefficient (Wildman–Crippen LogP) is 6.08. The van der Waals surface area contributed by atoms with Crippen LogP contribution in [0.15, 0.2) is 0 Å². The molecule has 30 heavy (non-hydrogen) atoms. The van der Waals surface area contributed by atoms with Crippen LogP contribution in [0.2, 0.25) is 0 Å². The molecule has 7 aliphatic rings. The summed E-state index contributed by atoms with van der Waals surface area (Å²) in [6, 6.07) is 0. The Morgan fingerprint density at radius 3 is 1.87 bits per heavy atom. The summed E-state index contributed by atoms with van der Waals surface area (Å²) in [5.41, 5.74) is 0. The number of rotatable bonds is 0. The molecule has 0 aromatic carbocycles. The van der Waals surface area contributed by atoms with Crippen LogP contribution >= 0.6 is 0 Å².